The van der Waals surface area contributed by atoms with Crippen LogP contribution in [-0.4, -0.2) is 32.7 Å². The van der Waals surface area contributed by atoms with Crippen LogP contribution in [0.1, 0.15) is 24.4 Å². The molecule has 3 rings (SSSR count). The van der Waals surface area contributed by atoms with Gasteiger partial charge in [-0.2, -0.15) is 0 Å². The van der Waals surface area contributed by atoms with Gasteiger partial charge in [-0.05, 0) is 12.8 Å². The monoisotopic (exact) mass is 233 g/mol. The van der Waals surface area contributed by atoms with Crippen molar-refractivity contribution >= 4 is 16.9 Å². The first-order chi connectivity index (χ1) is 8.29. The number of aromatic amines is 1. The summed E-state index contributed by atoms with van der Waals surface area (Å²) in [6.45, 7) is 0.177. The van der Waals surface area contributed by atoms with Gasteiger partial charge in [-0.3, -0.25) is 0 Å². The molecule has 0 aliphatic carbocycles. The second kappa shape index (κ2) is 3.97. The number of nitrogen functional groups attached to an aromatic ring is 1. The molecule has 5 N–H and O–H groups in total. The Kier molecular flexibility index (Phi) is 2.45. The van der Waals surface area contributed by atoms with Crippen molar-refractivity contribution in [3.8, 4) is 0 Å². The van der Waals surface area contributed by atoms with Crippen LogP contribution in [0.4, 0.5) is 5.82 Å². The molecule has 0 bridgehead atoms. The van der Waals surface area contributed by atoms with Crippen LogP contribution in [0.5, 0.6) is 0 Å². The highest BCUT2D eigenvalue weighted by Crippen LogP contribution is 2.31. The van der Waals surface area contributed by atoms with Gasteiger partial charge in [0.15, 0.2) is 5.82 Å². The number of hydrogen-bond donors (Lipinski definition) is 4. The molecule has 0 amide bonds. The molecular formula is C11H15N5O. The minimum absolute atomic E-state index is 0.177. The van der Waals surface area contributed by atoms with E-state index in [1.165, 1.54) is 6.33 Å². The Balaban J connectivity index is 1.99. The van der Waals surface area contributed by atoms with E-state index in [1.54, 1.807) is 0 Å². The lowest BCUT2D eigenvalue weighted by Crippen LogP contribution is -2.27. The third kappa shape index (κ3) is 1.65. The molecule has 1 fully saturated rings. The number of aliphatic hydroxyl groups is 1. The maximum Gasteiger partial charge on any atom is 0.151 e. The first-order valence-corrected chi connectivity index (χ1v) is 5.74. The quantitative estimate of drug-likeness (QED) is 0.599. The number of nitrogens with zero attached hydrogens (tertiary/aromatic N) is 2. The molecule has 6 nitrogen and oxygen atoms in total. The zero-order valence-electron chi connectivity index (χ0n) is 9.35. The predicted molar refractivity (Wildman–Crippen MR) is 64.3 cm³/mol. The van der Waals surface area contributed by atoms with Crippen LogP contribution in [0.15, 0.2) is 12.5 Å². The zero-order chi connectivity index (χ0) is 11.8. The molecule has 0 unspecified atom stereocenters. The van der Waals surface area contributed by atoms with E-state index in [0.29, 0.717) is 5.82 Å². The van der Waals surface area contributed by atoms with E-state index in [2.05, 4.69) is 20.3 Å². The van der Waals surface area contributed by atoms with E-state index >= 15 is 0 Å². The van der Waals surface area contributed by atoms with Crippen molar-refractivity contribution in [2.45, 2.75) is 24.9 Å². The Morgan fingerprint density at radius 1 is 1.41 bits per heavy atom. The third-order valence-electron chi connectivity index (χ3n) is 3.36. The maximum absolute atomic E-state index is 9.12. The van der Waals surface area contributed by atoms with E-state index in [4.69, 9.17) is 10.8 Å². The van der Waals surface area contributed by atoms with Crippen LogP contribution >= 0.6 is 0 Å². The van der Waals surface area contributed by atoms with Crippen molar-refractivity contribution in [1.29, 1.82) is 0 Å². The second-order valence-corrected chi connectivity index (χ2v) is 4.40. The molecule has 6 heteroatoms. The molecule has 0 spiro atoms. The van der Waals surface area contributed by atoms with Crippen LogP contribution in [0.2, 0.25) is 0 Å². The number of H-pyrrole nitrogens is 1. The minimum atomic E-state index is 0.177. The molecule has 0 radical (unpaired) electrons. The fourth-order valence-electron chi connectivity index (χ4n) is 2.45. The molecule has 0 aromatic carbocycles. The van der Waals surface area contributed by atoms with E-state index in [9.17, 15) is 0 Å². The molecule has 3 heterocycles. The SMILES string of the molecule is Nc1ncnc2c([C@H]3CC[C@@H](CO)N3)c[nH]c12. The molecule has 1 aliphatic rings. The van der Waals surface area contributed by atoms with Crippen LogP contribution in [0.3, 0.4) is 0 Å². The summed E-state index contributed by atoms with van der Waals surface area (Å²) in [6, 6.07) is 0.416. The summed E-state index contributed by atoms with van der Waals surface area (Å²) in [7, 11) is 0. The first-order valence-electron chi connectivity index (χ1n) is 5.74. The topological polar surface area (TPSA) is 99.8 Å². The molecule has 0 saturated carbocycles. The van der Waals surface area contributed by atoms with Gasteiger partial charge in [-0.25, -0.2) is 9.97 Å². The maximum atomic E-state index is 9.12. The summed E-state index contributed by atoms with van der Waals surface area (Å²) in [5.41, 5.74) is 8.54. The van der Waals surface area contributed by atoms with Crippen LogP contribution < -0.4 is 11.1 Å². The number of anilines is 1. The highest BCUT2D eigenvalue weighted by Gasteiger charge is 2.26. The average molecular weight is 233 g/mol. The Bertz CT molecular complexity index is 538. The van der Waals surface area contributed by atoms with E-state index in [-0.39, 0.29) is 18.7 Å². The van der Waals surface area contributed by atoms with Crippen molar-refractivity contribution in [2.75, 3.05) is 12.3 Å². The highest BCUT2D eigenvalue weighted by atomic mass is 16.3. The normalized spacial score (nSPS) is 24.5. The predicted octanol–water partition coefficient (Wildman–Crippen LogP) is 0.325. The molecule has 2 aromatic rings. The van der Waals surface area contributed by atoms with Crippen LogP contribution in [0, 0.1) is 0 Å². The lowest BCUT2D eigenvalue weighted by Gasteiger charge is -2.11. The van der Waals surface area contributed by atoms with E-state index in [0.717, 1.165) is 29.4 Å². The number of nitrogens with one attached hydrogen (secondary N) is 2. The summed E-state index contributed by atoms with van der Waals surface area (Å²) in [4.78, 5) is 11.3. The molecule has 2 aromatic heterocycles. The van der Waals surface area contributed by atoms with Crippen molar-refractivity contribution in [3.05, 3.63) is 18.1 Å². The number of hydrogen-bond acceptors (Lipinski definition) is 5. The second-order valence-electron chi connectivity index (χ2n) is 4.40. The third-order valence-corrected chi connectivity index (χ3v) is 3.36. The Morgan fingerprint density at radius 3 is 3.06 bits per heavy atom. The Morgan fingerprint density at radius 2 is 2.29 bits per heavy atom. The lowest BCUT2D eigenvalue weighted by atomic mass is 10.1. The molecular weight excluding hydrogens is 218 g/mol. The van der Waals surface area contributed by atoms with Gasteiger partial charge in [0.25, 0.3) is 0 Å². The van der Waals surface area contributed by atoms with Crippen molar-refractivity contribution in [2.24, 2.45) is 0 Å². The largest absolute Gasteiger partial charge is 0.395 e. The number of fused-ring (bicyclic) bond motifs is 1. The van der Waals surface area contributed by atoms with Crippen LogP contribution in [0.25, 0.3) is 11.0 Å². The average Bonchev–Trinajstić information content (AvgIpc) is 2.94. The summed E-state index contributed by atoms with van der Waals surface area (Å²) in [6.07, 6.45) is 5.39. The summed E-state index contributed by atoms with van der Waals surface area (Å²) >= 11 is 0. The standard InChI is InChI=1S/C11H15N5O/c12-11-10-9(14-5-15-11)7(3-13-10)8-2-1-6(4-17)16-8/h3,5-6,8,13,16-17H,1-2,4H2,(H2,12,14,15)/t6-,8+/m0/s1. The van der Waals surface area contributed by atoms with Gasteiger partial charge >= 0.3 is 0 Å². The number of nitrogens with two attached hydrogens (primary N) is 1. The van der Waals surface area contributed by atoms with Gasteiger partial charge in [0.2, 0.25) is 0 Å². The van der Waals surface area contributed by atoms with Crippen molar-refractivity contribution < 1.29 is 5.11 Å². The van der Waals surface area contributed by atoms with Gasteiger partial charge in [0.1, 0.15) is 11.8 Å². The summed E-state index contributed by atoms with van der Waals surface area (Å²) in [5.74, 6) is 0.470. The van der Waals surface area contributed by atoms with Gasteiger partial charge in [0, 0.05) is 23.8 Å². The fourth-order valence-corrected chi connectivity index (χ4v) is 2.45. The fraction of sp³-hybridized carbons (Fsp3) is 0.455. The van der Waals surface area contributed by atoms with Crippen molar-refractivity contribution in [3.63, 3.8) is 0 Å². The zero-order valence-corrected chi connectivity index (χ0v) is 9.35. The lowest BCUT2D eigenvalue weighted by molar-refractivity contribution is 0.252. The van der Waals surface area contributed by atoms with Gasteiger partial charge < -0.3 is 21.1 Å². The molecule has 17 heavy (non-hydrogen) atoms. The van der Waals surface area contributed by atoms with Crippen molar-refractivity contribution in [1.82, 2.24) is 20.3 Å². The summed E-state index contributed by atoms with van der Waals surface area (Å²) in [5, 5.41) is 12.5. The molecule has 90 valence electrons. The van der Waals surface area contributed by atoms with Gasteiger partial charge in [0.05, 0.1) is 12.1 Å². The minimum Gasteiger partial charge on any atom is -0.395 e. The Hall–Kier alpha value is -1.66. The molecule has 1 aliphatic heterocycles. The number of rotatable bonds is 2. The molecule has 1 saturated heterocycles. The van der Waals surface area contributed by atoms with Gasteiger partial charge in [-0.15, -0.1) is 0 Å². The van der Waals surface area contributed by atoms with Gasteiger partial charge in [-0.1, -0.05) is 0 Å². The number of aliphatic hydroxyl groups excluding tert-OH is 1. The molecule has 2 atom stereocenters. The number of aromatic nitrogens is 3. The Labute approximate surface area is 98.3 Å². The first kappa shape index (κ1) is 10.5. The summed E-state index contributed by atoms with van der Waals surface area (Å²) < 4.78 is 0. The van der Waals surface area contributed by atoms with E-state index < -0.39 is 0 Å². The van der Waals surface area contributed by atoms with Crippen LogP contribution in [-0.2, 0) is 0 Å². The highest BCUT2D eigenvalue weighted by molar-refractivity contribution is 5.87. The van der Waals surface area contributed by atoms with E-state index in [1.807, 2.05) is 6.20 Å². The smallest absolute Gasteiger partial charge is 0.151 e.